The molecule has 0 unspecified atom stereocenters. The quantitative estimate of drug-likeness (QED) is 0.608. The average Bonchev–Trinajstić information content (AvgIpc) is 2.79. The number of aromatic nitrogens is 2. The van der Waals surface area contributed by atoms with Gasteiger partial charge in [-0.1, -0.05) is 6.92 Å². The first-order chi connectivity index (χ1) is 15.0. The van der Waals surface area contributed by atoms with Crippen LogP contribution in [0.4, 0.5) is 5.69 Å². The van der Waals surface area contributed by atoms with Crippen molar-refractivity contribution in [1.29, 1.82) is 0 Å². The van der Waals surface area contributed by atoms with Gasteiger partial charge in [-0.05, 0) is 49.7 Å². The first kappa shape index (κ1) is 21.2. The molecule has 3 aromatic rings. The third kappa shape index (κ3) is 4.23. The smallest absolute Gasteiger partial charge is 0.258 e. The van der Waals surface area contributed by atoms with Crippen LogP contribution in [-0.2, 0) is 0 Å². The van der Waals surface area contributed by atoms with Crippen LogP contribution in [0.2, 0.25) is 0 Å². The fraction of sp³-hybridized carbons (Fsp3) is 0.417. The fourth-order valence-electron chi connectivity index (χ4n) is 4.21. The fourth-order valence-corrected chi connectivity index (χ4v) is 4.21. The van der Waals surface area contributed by atoms with E-state index in [-0.39, 0.29) is 5.56 Å². The molecule has 0 radical (unpaired) electrons. The van der Waals surface area contributed by atoms with Crippen molar-refractivity contribution in [2.45, 2.75) is 20.3 Å². The predicted molar refractivity (Wildman–Crippen MR) is 124 cm³/mol. The second-order valence-corrected chi connectivity index (χ2v) is 7.95. The minimum atomic E-state index is -0.0932. The number of hydrogen-bond acceptors (Lipinski definition) is 6. The largest absolute Gasteiger partial charge is 0.493 e. The standard InChI is InChI=1S/C24H30N4O3/c1-5-8-26-9-11-27(12-10-26)19-13-17(2)24-25-20(15-23(29)28(24)16-19)18-6-7-21(30-3)22(14-18)31-4/h6-7,13-16H,5,8-12H2,1-4H3. The molecule has 0 bridgehead atoms. The monoisotopic (exact) mass is 422 g/mol. The molecule has 0 N–H and O–H groups in total. The number of methoxy groups -OCH3 is 2. The van der Waals surface area contributed by atoms with Gasteiger partial charge in [0.15, 0.2) is 11.5 Å². The van der Waals surface area contributed by atoms with Gasteiger partial charge in [0, 0.05) is 44.0 Å². The molecule has 1 saturated heterocycles. The third-order valence-corrected chi connectivity index (χ3v) is 5.89. The summed E-state index contributed by atoms with van der Waals surface area (Å²) in [5.74, 6) is 1.25. The summed E-state index contributed by atoms with van der Waals surface area (Å²) >= 11 is 0. The Morgan fingerprint density at radius 2 is 1.74 bits per heavy atom. The lowest BCUT2D eigenvalue weighted by Crippen LogP contribution is -2.46. The van der Waals surface area contributed by atoms with Crippen molar-refractivity contribution in [3.8, 4) is 22.8 Å². The number of hydrogen-bond donors (Lipinski definition) is 0. The van der Waals surface area contributed by atoms with Crippen LogP contribution < -0.4 is 19.9 Å². The summed E-state index contributed by atoms with van der Waals surface area (Å²) in [6.07, 6.45) is 3.10. The topological polar surface area (TPSA) is 59.3 Å². The summed E-state index contributed by atoms with van der Waals surface area (Å²) in [6, 6.07) is 9.27. The molecule has 1 fully saturated rings. The summed E-state index contributed by atoms with van der Waals surface area (Å²) in [7, 11) is 3.20. The first-order valence-corrected chi connectivity index (χ1v) is 10.8. The van der Waals surface area contributed by atoms with Gasteiger partial charge in [-0.3, -0.25) is 14.1 Å². The van der Waals surface area contributed by atoms with Gasteiger partial charge in [-0.2, -0.15) is 0 Å². The summed E-state index contributed by atoms with van der Waals surface area (Å²) in [4.78, 5) is 22.7. The van der Waals surface area contributed by atoms with E-state index in [4.69, 9.17) is 14.5 Å². The Hall–Kier alpha value is -3.06. The molecule has 3 heterocycles. The second kappa shape index (κ2) is 8.98. The average molecular weight is 423 g/mol. The molecule has 0 aliphatic carbocycles. The molecule has 0 spiro atoms. The Morgan fingerprint density at radius 1 is 1.00 bits per heavy atom. The highest BCUT2D eigenvalue weighted by molar-refractivity contribution is 5.67. The summed E-state index contributed by atoms with van der Waals surface area (Å²) in [5.41, 5.74) is 4.06. The van der Waals surface area contributed by atoms with Gasteiger partial charge in [0.1, 0.15) is 5.65 Å². The van der Waals surface area contributed by atoms with Crippen LogP contribution in [-0.4, -0.2) is 61.2 Å². The number of ether oxygens (including phenoxy) is 2. The van der Waals surface area contributed by atoms with Gasteiger partial charge in [0.2, 0.25) is 0 Å². The van der Waals surface area contributed by atoms with E-state index in [0.717, 1.165) is 49.5 Å². The van der Waals surface area contributed by atoms with Crippen LogP contribution in [0.5, 0.6) is 11.5 Å². The zero-order valence-corrected chi connectivity index (χ0v) is 18.7. The number of anilines is 1. The van der Waals surface area contributed by atoms with Crippen molar-refractivity contribution in [2.75, 3.05) is 51.8 Å². The lowest BCUT2D eigenvalue weighted by Gasteiger charge is -2.36. The number of fused-ring (bicyclic) bond motifs is 1. The molecule has 164 valence electrons. The first-order valence-electron chi connectivity index (χ1n) is 10.8. The Morgan fingerprint density at radius 3 is 2.42 bits per heavy atom. The number of rotatable bonds is 6. The Kier molecular flexibility index (Phi) is 6.13. The minimum absolute atomic E-state index is 0.0932. The van der Waals surface area contributed by atoms with Crippen molar-refractivity contribution in [3.63, 3.8) is 0 Å². The molecule has 31 heavy (non-hydrogen) atoms. The number of benzene rings is 1. The van der Waals surface area contributed by atoms with Gasteiger partial charge in [0.25, 0.3) is 5.56 Å². The Bertz CT molecular complexity index is 1130. The number of piperazine rings is 1. The minimum Gasteiger partial charge on any atom is -0.493 e. The molecule has 2 aromatic heterocycles. The molecule has 1 aliphatic rings. The maximum Gasteiger partial charge on any atom is 0.258 e. The van der Waals surface area contributed by atoms with Crippen molar-refractivity contribution in [2.24, 2.45) is 0 Å². The molecule has 0 saturated carbocycles. The van der Waals surface area contributed by atoms with Crippen LogP contribution in [0.1, 0.15) is 18.9 Å². The highest BCUT2D eigenvalue weighted by Gasteiger charge is 2.18. The van der Waals surface area contributed by atoms with Gasteiger partial charge in [-0.15, -0.1) is 0 Å². The zero-order valence-electron chi connectivity index (χ0n) is 18.7. The number of aryl methyl sites for hydroxylation is 1. The molecular formula is C24H30N4O3. The number of nitrogens with zero attached hydrogens (tertiary/aromatic N) is 4. The highest BCUT2D eigenvalue weighted by atomic mass is 16.5. The lowest BCUT2D eigenvalue weighted by molar-refractivity contribution is 0.258. The van der Waals surface area contributed by atoms with Crippen LogP contribution in [0.25, 0.3) is 16.9 Å². The maximum atomic E-state index is 13.0. The van der Waals surface area contributed by atoms with Gasteiger partial charge >= 0.3 is 0 Å². The SMILES string of the molecule is CCCN1CCN(c2cc(C)c3nc(-c4ccc(OC)c(OC)c4)cc(=O)n3c2)CC1. The van der Waals surface area contributed by atoms with E-state index in [1.54, 1.807) is 24.7 Å². The molecule has 0 amide bonds. The summed E-state index contributed by atoms with van der Waals surface area (Å²) in [6.45, 7) is 9.42. The normalized spacial score (nSPS) is 14.8. The predicted octanol–water partition coefficient (Wildman–Crippen LogP) is 3.22. The zero-order chi connectivity index (χ0) is 22.0. The van der Waals surface area contributed by atoms with Crippen LogP contribution >= 0.6 is 0 Å². The molecule has 1 aliphatic heterocycles. The molecular weight excluding hydrogens is 392 g/mol. The molecule has 0 atom stereocenters. The van der Waals surface area contributed by atoms with Crippen LogP contribution in [0.15, 0.2) is 41.3 Å². The Balaban J connectivity index is 1.69. The number of pyridine rings is 1. The van der Waals surface area contributed by atoms with E-state index in [1.165, 1.54) is 6.42 Å². The maximum absolute atomic E-state index is 13.0. The van der Waals surface area contributed by atoms with E-state index in [0.29, 0.717) is 22.8 Å². The highest BCUT2D eigenvalue weighted by Crippen LogP contribution is 2.31. The molecule has 1 aromatic carbocycles. The van der Waals surface area contributed by atoms with Crippen LogP contribution in [0.3, 0.4) is 0 Å². The van der Waals surface area contributed by atoms with E-state index in [1.807, 2.05) is 31.3 Å². The molecule has 7 heteroatoms. The van der Waals surface area contributed by atoms with Crippen molar-refractivity contribution >= 4 is 11.3 Å². The van der Waals surface area contributed by atoms with E-state index >= 15 is 0 Å². The molecule has 4 rings (SSSR count). The van der Waals surface area contributed by atoms with Crippen LogP contribution in [0, 0.1) is 6.92 Å². The van der Waals surface area contributed by atoms with Crippen molar-refractivity contribution < 1.29 is 9.47 Å². The van der Waals surface area contributed by atoms with Gasteiger partial charge < -0.3 is 14.4 Å². The van der Waals surface area contributed by atoms with E-state index < -0.39 is 0 Å². The van der Waals surface area contributed by atoms with Gasteiger partial charge in [-0.25, -0.2) is 4.98 Å². The van der Waals surface area contributed by atoms with E-state index in [9.17, 15) is 4.79 Å². The van der Waals surface area contributed by atoms with E-state index in [2.05, 4.69) is 22.8 Å². The Labute approximate surface area is 182 Å². The van der Waals surface area contributed by atoms with Crippen molar-refractivity contribution in [1.82, 2.24) is 14.3 Å². The summed E-state index contributed by atoms with van der Waals surface area (Å²) < 4.78 is 12.4. The van der Waals surface area contributed by atoms with Crippen molar-refractivity contribution in [3.05, 3.63) is 52.4 Å². The third-order valence-electron chi connectivity index (χ3n) is 5.89. The molecule has 7 nitrogen and oxygen atoms in total. The summed E-state index contributed by atoms with van der Waals surface area (Å²) in [5, 5.41) is 0. The second-order valence-electron chi connectivity index (χ2n) is 7.95. The van der Waals surface area contributed by atoms with Gasteiger partial charge in [0.05, 0.1) is 25.6 Å². The lowest BCUT2D eigenvalue weighted by atomic mass is 10.1.